The van der Waals surface area contributed by atoms with Gasteiger partial charge in [-0.25, -0.2) is 4.79 Å². The third kappa shape index (κ3) is 5.32. The lowest BCUT2D eigenvalue weighted by Crippen LogP contribution is -2.35. The minimum atomic E-state index is -0.465. The Hall–Kier alpha value is -1.52. The van der Waals surface area contributed by atoms with Crippen molar-refractivity contribution in [3.63, 3.8) is 0 Å². The molecule has 0 aliphatic rings. The number of hydrogen-bond donors (Lipinski definition) is 1. The SMILES string of the molecule is CCOC(=O)c1coc(NC(C)(C)CC(C)(C)C)n1. The maximum absolute atomic E-state index is 11.5. The second-order valence-electron chi connectivity index (χ2n) is 6.50. The van der Waals surface area contributed by atoms with E-state index in [0.29, 0.717) is 12.6 Å². The van der Waals surface area contributed by atoms with Crippen LogP contribution in [0.4, 0.5) is 6.01 Å². The molecule has 0 saturated carbocycles. The molecule has 0 atom stereocenters. The summed E-state index contributed by atoms with van der Waals surface area (Å²) in [5, 5.41) is 3.21. The number of hydrogen-bond acceptors (Lipinski definition) is 5. The molecule has 0 saturated heterocycles. The van der Waals surface area contributed by atoms with E-state index in [2.05, 4.69) is 44.9 Å². The van der Waals surface area contributed by atoms with Gasteiger partial charge in [0.2, 0.25) is 0 Å². The van der Waals surface area contributed by atoms with Crippen LogP contribution < -0.4 is 5.32 Å². The lowest BCUT2D eigenvalue weighted by atomic mass is 9.82. The number of nitrogens with zero attached hydrogens (tertiary/aromatic N) is 1. The fourth-order valence-corrected chi connectivity index (χ4v) is 2.29. The number of ether oxygens (including phenoxy) is 1. The number of esters is 1. The van der Waals surface area contributed by atoms with Crippen LogP contribution in [0.5, 0.6) is 0 Å². The van der Waals surface area contributed by atoms with Crippen LogP contribution in [0.15, 0.2) is 10.7 Å². The maximum atomic E-state index is 11.5. The summed E-state index contributed by atoms with van der Waals surface area (Å²) in [7, 11) is 0. The van der Waals surface area contributed by atoms with Crippen molar-refractivity contribution < 1.29 is 13.9 Å². The molecule has 0 fully saturated rings. The zero-order valence-corrected chi connectivity index (χ0v) is 12.7. The van der Waals surface area contributed by atoms with E-state index in [9.17, 15) is 4.79 Å². The van der Waals surface area contributed by atoms with Crippen molar-refractivity contribution in [2.45, 2.75) is 53.5 Å². The molecule has 0 radical (unpaired) electrons. The second kappa shape index (κ2) is 5.63. The highest BCUT2D eigenvalue weighted by Gasteiger charge is 2.27. The molecule has 0 spiro atoms. The second-order valence-corrected chi connectivity index (χ2v) is 6.50. The first-order chi connectivity index (χ1) is 8.63. The number of anilines is 1. The average molecular weight is 268 g/mol. The monoisotopic (exact) mass is 268 g/mol. The number of nitrogens with one attached hydrogen (secondary N) is 1. The van der Waals surface area contributed by atoms with Gasteiger partial charge in [-0.2, -0.15) is 4.98 Å². The minimum absolute atomic E-state index is 0.172. The van der Waals surface area contributed by atoms with Crippen LogP contribution in [-0.4, -0.2) is 23.1 Å². The third-order valence-corrected chi connectivity index (χ3v) is 2.41. The average Bonchev–Trinajstić information content (AvgIpc) is 2.61. The molecule has 1 heterocycles. The molecule has 1 aromatic heterocycles. The Bertz CT molecular complexity index is 430. The Morgan fingerprint density at radius 2 is 2.00 bits per heavy atom. The van der Waals surface area contributed by atoms with Crippen molar-refractivity contribution >= 4 is 12.0 Å². The Labute approximate surface area is 114 Å². The molecule has 0 unspecified atom stereocenters. The van der Waals surface area contributed by atoms with E-state index >= 15 is 0 Å². The summed E-state index contributed by atoms with van der Waals surface area (Å²) in [4.78, 5) is 15.6. The maximum Gasteiger partial charge on any atom is 0.360 e. The van der Waals surface area contributed by atoms with Gasteiger partial charge < -0.3 is 14.5 Å². The highest BCUT2D eigenvalue weighted by atomic mass is 16.5. The molecule has 1 N–H and O–H groups in total. The van der Waals surface area contributed by atoms with Crippen LogP contribution in [-0.2, 0) is 4.74 Å². The van der Waals surface area contributed by atoms with E-state index in [4.69, 9.17) is 9.15 Å². The predicted molar refractivity (Wildman–Crippen MR) is 74.2 cm³/mol. The number of aromatic nitrogens is 1. The zero-order valence-electron chi connectivity index (χ0n) is 12.7. The van der Waals surface area contributed by atoms with Gasteiger partial charge in [0.1, 0.15) is 6.26 Å². The van der Waals surface area contributed by atoms with E-state index in [1.807, 2.05) is 0 Å². The smallest absolute Gasteiger partial charge is 0.360 e. The number of carbonyl (C=O) groups excluding carboxylic acids is 1. The van der Waals surface area contributed by atoms with Crippen molar-refractivity contribution in [2.75, 3.05) is 11.9 Å². The number of carbonyl (C=O) groups is 1. The Kier molecular flexibility index (Phi) is 4.61. The molecule has 108 valence electrons. The van der Waals surface area contributed by atoms with Crippen molar-refractivity contribution in [3.8, 4) is 0 Å². The lowest BCUT2D eigenvalue weighted by Gasteiger charge is -2.32. The first-order valence-electron chi connectivity index (χ1n) is 6.54. The van der Waals surface area contributed by atoms with E-state index < -0.39 is 5.97 Å². The van der Waals surface area contributed by atoms with Crippen LogP contribution in [0, 0.1) is 5.41 Å². The zero-order chi connectivity index (χ0) is 14.7. The van der Waals surface area contributed by atoms with E-state index in [1.165, 1.54) is 6.26 Å². The number of rotatable bonds is 5. The largest absolute Gasteiger partial charge is 0.461 e. The van der Waals surface area contributed by atoms with Gasteiger partial charge in [0, 0.05) is 5.54 Å². The summed E-state index contributed by atoms with van der Waals surface area (Å²) >= 11 is 0. The van der Waals surface area contributed by atoms with Crippen LogP contribution >= 0.6 is 0 Å². The standard InChI is InChI=1S/C14H24N2O3/c1-7-18-11(17)10-8-19-12(15-10)16-14(5,6)9-13(2,3)4/h8H,7,9H2,1-6H3,(H,15,16). The summed E-state index contributed by atoms with van der Waals surface area (Å²) in [5.41, 5.74) is 0.207. The summed E-state index contributed by atoms with van der Waals surface area (Å²) in [6.07, 6.45) is 2.25. The van der Waals surface area contributed by atoms with Gasteiger partial charge in [0.05, 0.1) is 6.61 Å². The molecule has 0 amide bonds. The Balaban J connectivity index is 2.70. The molecular weight excluding hydrogens is 244 g/mol. The molecule has 5 nitrogen and oxygen atoms in total. The van der Waals surface area contributed by atoms with Gasteiger partial charge in [0.25, 0.3) is 6.01 Å². The normalized spacial score (nSPS) is 12.3. The highest BCUT2D eigenvalue weighted by molar-refractivity contribution is 5.87. The molecule has 0 bridgehead atoms. The molecule has 0 aromatic carbocycles. The van der Waals surface area contributed by atoms with Gasteiger partial charge in [-0.15, -0.1) is 0 Å². The fraction of sp³-hybridized carbons (Fsp3) is 0.714. The lowest BCUT2D eigenvalue weighted by molar-refractivity contribution is 0.0519. The molecular formula is C14H24N2O3. The van der Waals surface area contributed by atoms with E-state index in [1.54, 1.807) is 6.92 Å². The molecule has 0 aliphatic carbocycles. The van der Waals surface area contributed by atoms with Crippen LogP contribution in [0.2, 0.25) is 0 Å². The molecule has 1 aromatic rings. The molecule has 5 heteroatoms. The van der Waals surface area contributed by atoms with Gasteiger partial charge >= 0.3 is 5.97 Å². The summed E-state index contributed by atoms with van der Waals surface area (Å²) in [5.74, 6) is -0.465. The quantitative estimate of drug-likeness (QED) is 0.828. The van der Waals surface area contributed by atoms with Crippen molar-refractivity contribution in [3.05, 3.63) is 12.0 Å². The van der Waals surface area contributed by atoms with E-state index in [-0.39, 0.29) is 16.6 Å². The van der Waals surface area contributed by atoms with Crippen molar-refractivity contribution in [1.82, 2.24) is 4.98 Å². The Morgan fingerprint density at radius 3 is 2.53 bits per heavy atom. The summed E-state index contributed by atoms with van der Waals surface area (Å²) in [6, 6.07) is 0.345. The molecule has 1 rings (SSSR count). The van der Waals surface area contributed by atoms with Crippen molar-refractivity contribution in [1.29, 1.82) is 0 Å². The van der Waals surface area contributed by atoms with Crippen LogP contribution in [0.3, 0.4) is 0 Å². The van der Waals surface area contributed by atoms with Gasteiger partial charge in [-0.3, -0.25) is 0 Å². The summed E-state index contributed by atoms with van der Waals surface area (Å²) < 4.78 is 10.1. The molecule has 19 heavy (non-hydrogen) atoms. The summed E-state index contributed by atoms with van der Waals surface area (Å²) in [6.45, 7) is 12.8. The van der Waals surface area contributed by atoms with Gasteiger partial charge in [-0.05, 0) is 32.6 Å². The van der Waals surface area contributed by atoms with E-state index in [0.717, 1.165) is 6.42 Å². The van der Waals surface area contributed by atoms with Crippen molar-refractivity contribution in [2.24, 2.45) is 5.41 Å². The Morgan fingerprint density at radius 1 is 1.37 bits per heavy atom. The van der Waals surface area contributed by atoms with Crippen LogP contribution in [0.25, 0.3) is 0 Å². The third-order valence-electron chi connectivity index (χ3n) is 2.41. The highest BCUT2D eigenvalue weighted by Crippen LogP contribution is 2.29. The van der Waals surface area contributed by atoms with Crippen LogP contribution in [0.1, 0.15) is 58.5 Å². The number of oxazole rings is 1. The first-order valence-corrected chi connectivity index (χ1v) is 6.54. The minimum Gasteiger partial charge on any atom is -0.461 e. The fourth-order valence-electron chi connectivity index (χ4n) is 2.29. The predicted octanol–water partition coefficient (Wildman–Crippen LogP) is 3.48. The molecule has 0 aliphatic heterocycles. The van der Waals surface area contributed by atoms with Gasteiger partial charge in [0.15, 0.2) is 5.69 Å². The first kappa shape index (κ1) is 15.5. The van der Waals surface area contributed by atoms with Gasteiger partial charge in [-0.1, -0.05) is 20.8 Å². The topological polar surface area (TPSA) is 64.4 Å².